The number of amides is 2. The number of aryl methyl sites for hydroxylation is 2. The average Bonchev–Trinajstić information content (AvgIpc) is 2.99. The van der Waals surface area contributed by atoms with Crippen molar-refractivity contribution in [2.45, 2.75) is 33.6 Å². The van der Waals surface area contributed by atoms with Crippen molar-refractivity contribution >= 4 is 33.4 Å². The second kappa shape index (κ2) is 7.80. The Hall–Kier alpha value is -2.22. The molecule has 0 radical (unpaired) electrons. The zero-order chi connectivity index (χ0) is 19.7. The molecule has 2 aromatic rings. The third-order valence-corrected chi connectivity index (χ3v) is 6.25. The molecule has 0 aliphatic carbocycles. The molecule has 0 aromatic carbocycles. The largest absolute Gasteiger partial charge is 0.339 e. The van der Waals surface area contributed by atoms with Crippen LogP contribution in [-0.4, -0.2) is 57.3 Å². The maximum atomic E-state index is 13.0. The number of fused-ring (bicyclic) bond motifs is 1. The number of rotatable bonds is 4. The van der Waals surface area contributed by atoms with Gasteiger partial charge in [0.25, 0.3) is 11.5 Å². The Balaban J connectivity index is 1.71. The number of nitrogens with zero attached hydrogens (tertiary/aromatic N) is 4. The lowest BCUT2D eigenvalue weighted by Gasteiger charge is -2.34. The molecule has 8 heteroatoms. The van der Waals surface area contributed by atoms with Gasteiger partial charge in [0.15, 0.2) is 0 Å². The summed E-state index contributed by atoms with van der Waals surface area (Å²) >= 11 is 1.27. The van der Waals surface area contributed by atoms with Gasteiger partial charge in [-0.2, -0.15) is 0 Å². The van der Waals surface area contributed by atoms with E-state index in [0.29, 0.717) is 59.2 Å². The summed E-state index contributed by atoms with van der Waals surface area (Å²) in [5, 5.41) is 0.524. The van der Waals surface area contributed by atoms with Crippen molar-refractivity contribution in [1.82, 2.24) is 19.4 Å². The minimum Gasteiger partial charge on any atom is -0.339 e. The number of carbonyl (C=O) groups is 2. The van der Waals surface area contributed by atoms with E-state index >= 15 is 0 Å². The van der Waals surface area contributed by atoms with Crippen molar-refractivity contribution in [3.8, 4) is 0 Å². The zero-order valence-electron chi connectivity index (χ0n) is 16.3. The first kappa shape index (κ1) is 19.5. The molecule has 0 bridgehead atoms. The van der Waals surface area contributed by atoms with E-state index in [0.717, 1.165) is 6.42 Å². The first-order valence-corrected chi connectivity index (χ1v) is 10.1. The number of aromatic nitrogens is 2. The summed E-state index contributed by atoms with van der Waals surface area (Å²) in [4.78, 5) is 46.7. The molecule has 7 nitrogen and oxygen atoms in total. The number of carbonyl (C=O) groups excluding carboxylic acids is 2. The second-order valence-corrected chi connectivity index (χ2v) is 8.50. The minimum atomic E-state index is -0.131. The molecule has 1 aliphatic rings. The van der Waals surface area contributed by atoms with Crippen molar-refractivity contribution in [1.29, 1.82) is 0 Å². The lowest BCUT2D eigenvalue weighted by molar-refractivity contribution is -0.132. The molecule has 0 atom stereocenters. The smallest absolute Gasteiger partial charge is 0.264 e. The highest BCUT2D eigenvalue weighted by atomic mass is 32.1. The van der Waals surface area contributed by atoms with Crippen molar-refractivity contribution < 1.29 is 9.59 Å². The van der Waals surface area contributed by atoms with Gasteiger partial charge >= 0.3 is 0 Å². The van der Waals surface area contributed by atoms with Gasteiger partial charge in [-0.3, -0.25) is 14.4 Å². The Labute approximate surface area is 162 Å². The predicted octanol–water partition coefficient (Wildman–Crippen LogP) is 2.02. The Morgan fingerprint density at radius 2 is 1.81 bits per heavy atom. The maximum Gasteiger partial charge on any atom is 0.264 e. The molecule has 3 rings (SSSR count). The number of piperazine rings is 1. The molecule has 0 spiro atoms. The Morgan fingerprint density at radius 3 is 2.44 bits per heavy atom. The van der Waals surface area contributed by atoms with Gasteiger partial charge in [-0.25, -0.2) is 4.98 Å². The third-order valence-electron chi connectivity index (χ3n) is 5.06. The van der Waals surface area contributed by atoms with Crippen LogP contribution in [0, 0.1) is 12.8 Å². The van der Waals surface area contributed by atoms with Crippen LogP contribution in [0.4, 0.5) is 0 Å². The van der Waals surface area contributed by atoms with Crippen LogP contribution >= 0.6 is 11.3 Å². The lowest BCUT2D eigenvalue weighted by atomic mass is 10.1. The molecule has 146 valence electrons. The third kappa shape index (κ3) is 3.90. The molecule has 2 amide bonds. The van der Waals surface area contributed by atoms with E-state index in [9.17, 15) is 14.4 Å². The first-order valence-electron chi connectivity index (χ1n) is 9.31. The molecule has 27 heavy (non-hydrogen) atoms. The molecule has 1 fully saturated rings. The van der Waals surface area contributed by atoms with Crippen molar-refractivity contribution in [3.63, 3.8) is 0 Å². The Kier molecular flexibility index (Phi) is 5.64. The average molecular weight is 391 g/mol. The molecule has 0 unspecified atom stereocenters. The molecule has 0 N–H and O–H groups in total. The normalized spacial score (nSPS) is 15.0. The van der Waals surface area contributed by atoms with Gasteiger partial charge in [0.2, 0.25) is 5.91 Å². The van der Waals surface area contributed by atoms with E-state index in [4.69, 9.17) is 0 Å². The Morgan fingerprint density at radius 1 is 1.19 bits per heavy atom. The van der Waals surface area contributed by atoms with E-state index in [1.165, 1.54) is 22.2 Å². The van der Waals surface area contributed by atoms with Gasteiger partial charge in [-0.1, -0.05) is 13.8 Å². The molecule has 1 saturated heterocycles. The first-order chi connectivity index (χ1) is 12.8. The second-order valence-electron chi connectivity index (χ2n) is 7.50. The highest BCUT2D eigenvalue weighted by Gasteiger charge is 2.28. The van der Waals surface area contributed by atoms with Gasteiger partial charge in [-0.05, 0) is 24.8 Å². The van der Waals surface area contributed by atoms with Crippen molar-refractivity contribution in [3.05, 3.63) is 27.1 Å². The van der Waals surface area contributed by atoms with E-state index < -0.39 is 0 Å². The summed E-state index contributed by atoms with van der Waals surface area (Å²) in [5.41, 5.74) is 0.567. The Bertz CT molecular complexity index is 923. The van der Waals surface area contributed by atoms with Crippen LogP contribution in [0.3, 0.4) is 0 Å². The number of hydrogen-bond acceptors (Lipinski definition) is 5. The number of hydrogen-bond donors (Lipinski definition) is 0. The summed E-state index contributed by atoms with van der Waals surface area (Å²) in [6.07, 6.45) is 2.94. The van der Waals surface area contributed by atoms with Crippen molar-refractivity contribution in [2.75, 3.05) is 26.2 Å². The highest BCUT2D eigenvalue weighted by molar-refractivity contribution is 7.20. The highest BCUT2D eigenvalue weighted by Crippen LogP contribution is 2.28. The molecular formula is C19H26N4O3S. The summed E-state index contributed by atoms with van der Waals surface area (Å²) in [6, 6.07) is 0. The van der Waals surface area contributed by atoms with Gasteiger partial charge in [-0.15, -0.1) is 11.3 Å². The van der Waals surface area contributed by atoms with Crippen LogP contribution < -0.4 is 5.56 Å². The fourth-order valence-electron chi connectivity index (χ4n) is 3.29. The standard InChI is InChI=1S/C19H26N4O3S/c1-12(2)5-6-14(24)22-7-9-23(10-8-22)19(26)16-13(3)15-17(27-16)20-11-21(4)18(15)25/h11-12H,5-10H2,1-4H3. The van der Waals surface area contributed by atoms with E-state index in [2.05, 4.69) is 18.8 Å². The van der Waals surface area contributed by atoms with Crippen LogP contribution in [-0.2, 0) is 11.8 Å². The van der Waals surface area contributed by atoms with Gasteiger partial charge < -0.3 is 14.4 Å². The lowest BCUT2D eigenvalue weighted by Crippen LogP contribution is -2.50. The van der Waals surface area contributed by atoms with E-state index in [1.807, 2.05) is 4.90 Å². The molecule has 2 aromatic heterocycles. The quantitative estimate of drug-likeness (QED) is 0.800. The molecule has 3 heterocycles. The summed E-state index contributed by atoms with van der Waals surface area (Å²) in [5.74, 6) is 0.599. The monoisotopic (exact) mass is 390 g/mol. The maximum absolute atomic E-state index is 13.0. The van der Waals surface area contributed by atoms with Gasteiger partial charge in [0.05, 0.1) is 16.6 Å². The van der Waals surface area contributed by atoms with Gasteiger partial charge in [0, 0.05) is 39.6 Å². The summed E-state index contributed by atoms with van der Waals surface area (Å²) < 4.78 is 1.43. The van der Waals surface area contributed by atoms with Crippen molar-refractivity contribution in [2.24, 2.45) is 13.0 Å². The number of thiophene rings is 1. The topological polar surface area (TPSA) is 75.5 Å². The fourth-order valence-corrected chi connectivity index (χ4v) is 4.39. The SMILES string of the molecule is Cc1c(C(=O)N2CCN(C(=O)CCC(C)C)CC2)sc2ncn(C)c(=O)c12. The van der Waals surface area contributed by atoms with Crippen LogP contribution in [0.15, 0.2) is 11.1 Å². The zero-order valence-corrected chi connectivity index (χ0v) is 17.1. The predicted molar refractivity (Wildman–Crippen MR) is 106 cm³/mol. The van der Waals surface area contributed by atoms with Crippen LogP contribution in [0.25, 0.3) is 10.2 Å². The molecule has 1 aliphatic heterocycles. The molecule has 0 saturated carbocycles. The fraction of sp³-hybridized carbons (Fsp3) is 0.579. The minimum absolute atomic E-state index is 0.0770. The van der Waals surface area contributed by atoms with Crippen LogP contribution in [0.5, 0.6) is 0 Å². The van der Waals surface area contributed by atoms with Crippen LogP contribution in [0.1, 0.15) is 41.9 Å². The van der Waals surface area contributed by atoms with E-state index in [1.54, 1.807) is 18.9 Å². The van der Waals surface area contributed by atoms with Crippen LogP contribution in [0.2, 0.25) is 0 Å². The summed E-state index contributed by atoms with van der Waals surface area (Å²) in [6.45, 7) is 8.19. The van der Waals surface area contributed by atoms with E-state index in [-0.39, 0.29) is 17.4 Å². The van der Waals surface area contributed by atoms with Gasteiger partial charge in [0.1, 0.15) is 4.83 Å². The summed E-state index contributed by atoms with van der Waals surface area (Å²) in [7, 11) is 1.66. The molecular weight excluding hydrogens is 364 g/mol.